The Morgan fingerprint density at radius 1 is 1.10 bits per heavy atom. The second-order valence-corrected chi connectivity index (χ2v) is 5.30. The molecule has 1 saturated carbocycles. The fraction of sp³-hybridized carbons (Fsp3) is 0.588. The molecular formula is C17H25NO2. The van der Waals surface area contributed by atoms with Crippen molar-refractivity contribution < 1.29 is 9.84 Å². The molecule has 0 radical (unpaired) electrons. The predicted molar refractivity (Wildman–Crippen MR) is 82.3 cm³/mol. The highest BCUT2D eigenvalue weighted by Crippen LogP contribution is 2.27. The minimum atomic E-state index is 0.0812. The average Bonchev–Trinajstić information content (AvgIpc) is 2.53. The van der Waals surface area contributed by atoms with Gasteiger partial charge in [-0.05, 0) is 18.4 Å². The molecule has 1 fully saturated rings. The monoisotopic (exact) mass is 275 g/mol. The summed E-state index contributed by atoms with van der Waals surface area (Å²) in [5.74, 6) is 0.601. The van der Waals surface area contributed by atoms with Gasteiger partial charge in [0.2, 0.25) is 0 Å². The number of hydrogen-bond acceptors (Lipinski definition) is 3. The lowest BCUT2D eigenvalue weighted by atomic mass is 9.83. The minimum Gasteiger partial charge on any atom is -0.394 e. The predicted octanol–water partition coefficient (Wildman–Crippen LogP) is 3.06. The normalized spacial score (nSPS) is 17.4. The van der Waals surface area contributed by atoms with Crippen molar-refractivity contribution in [3.63, 3.8) is 0 Å². The van der Waals surface area contributed by atoms with Gasteiger partial charge in [0.05, 0.1) is 26.4 Å². The Hall–Kier alpha value is -1.19. The van der Waals surface area contributed by atoms with Crippen LogP contribution in [-0.4, -0.2) is 37.2 Å². The van der Waals surface area contributed by atoms with Crippen molar-refractivity contribution in [1.29, 1.82) is 0 Å². The van der Waals surface area contributed by atoms with Crippen LogP contribution in [0.4, 0.5) is 0 Å². The lowest BCUT2D eigenvalue weighted by Gasteiger charge is -2.24. The quantitative estimate of drug-likeness (QED) is 0.614. The molecule has 3 nitrogen and oxygen atoms in total. The maximum Gasteiger partial charge on any atom is 0.0698 e. The molecule has 0 heterocycles. The highest BCUT2D eigenvalue weighted by molar-refractivity contribution is 6.02. The van der Waals surface area contributed by atoms with Crippen LogP contribution in [0.5, 0.6) is 0 Å². The molecule has 0 amide bonds. The topological polar surface area (TPSA) is 41.8 Å². The van der Waals surface area contributed by atoms with Crippen molar-refractivity contribution in [3.8, 4) is 0 Å². The van der Waals surface area contributed by atoms with Gasteiger partial charge in [-0.2, -0.15) is 0 Å². The zero-order valence-corrected chi connectivity index (χ0v) is 12.1. The Morgan fingerprint density at radius 3 is 2.55 bits per heavy atom. The number of aliphatic hydroxyl groups is 1. The summed E-state index contributed by atoms with van der Waals surface area (Å²) in [5.41, 5.74) is 2.50. The molecule has 1 aromatic carbocycles. The molecule has 0 aromatic heterocycles. The lowest BCUT2D eigenvalue weighted by molar-refractivity contribution is 0.0977. The van der Waals surface area contributed by atoms with Gasteiger partial charge in [-0.15, -0.1) is 0 Å². The van der Waals surface area contributed by atoms with Gasteiger partial charge in [0, 0.05) is 11.6 Å². The van der Waals surface area contributed by atoms with E-state index in [1.165, 1.54) is 43.4 Å². The first-order valence-electron chi connectivity index (χ1n) is 7.70. The first kappa shape index (κ1) is 15.2. The second-order valence-electron chi connectivity index (χ2n) is 5.30. The number of aliphatic hydroxyl groups excluding tert-OH is 1. The molecule has 0 saturated heterocycles. The van der Waals surface area contributed by atoms with Crippen LogP contribution in [-0.2, 0) is 4.74 Å². The van der Waals surface area contributed by atoms with Crippen LogP contribution in [0.15, 0.2) is 35.3 Å². The van der Waals surface area contributed by atoms with E-state index in [-0.39, 0.29) is 6.61 Å². The van der Waals surface area contributed by atoms with E-state index in [9.17, 15) is 0 Å². The van der Waals surface area contributed by atoms with E-state index in [4.69, 9.17) is 14.8 Å². The Balaban J connectivity index is 2.01. The van der Waals surface area contributed by atoms with Crippen molar-refractivity contribution >= 4 is 5.71 Å². The molecule has 0 unspecified atom stereocenters. The number of ether oxygens (including phenoxy) is 1. The van der Waals surface area contributed by atoms with Crippen LogP contribution in [0.2, 0.25) is 0 Å². The summed E-state index contributed by atoms with van der Waals surface area (Å²) >= 11 is 0. The first-order chi connectivity index (χ1) is 9.92. The van der Waals surface area contributed by atoms with Crippen LogP contribution in [0.25, 0.3) is 0 Å². The molecule has 2 rings (SSSR count). The van der Waals surface area contributed by atoms with Crippen LogP contribution in [0, 0.1) is 5.92 Å². The standard InChI is InChI=1S/C17H25NO2/c19-12-14-20-13-11-18-17(15-7-3-1-4-8-15)16-9-5-2-6-10-16/h1,3-4,7-8,16,19H,2,5-6,9-14H2/b18-17-. The summed E-state index contributed by atoms with van der Waals surface area (Å²) in [7, 11) is 0. The van der Waals surface area contributed by atoms with E-state index in [1.54, 1.807) is 0 Å². The van der Waals surface area contributed by atoms with Gasteiger partial charge in [0.15, 0.2) is 0 Å². The average molecular weight is 275 g/mol. The van der Waals surface area contributed by atoms with Gasteiger partial charge in [-0.25, -0.2) is 0 Å². The zero-order chi connectivity index (χ0) is 14.0. The van der Waals surface area contributed by atoms with Gasteiger partial charge in [0.1, 0.15) is 0 Å². The van der Waals surface area contributed by atoms with Gasteiger partial charge in [-0.3, -0.25) is 4.99 Å². The van der Waals surface area contributed by atoms with Gasteiger partial charge in [-0.1, -0.05) is 49.6 Å². The molecule has 0 aliphatic heterocycles. The third-order valence-corrected chi connectivity index (χ3v) is 3.81. The number of rotatable bonds is 7. The zero-order valence-electron chi connectivity index (χ0n) is 12.1. The summed E-state index contributed by atoms with van der Waals surface area (Å²) < 4.78 is 5.30. The van der Waals surface area contributed by atoms with Gasteiger partial charge < -0.3 is 9.84 Å². The molecule has 3 heteroatoms. The Morgan fingerprint density at radius 2 is 1.85 bits per heavy atom. The fourth-order valence-electron chi connectivity index (χ4n) is 2.84. The Kier molecular flexibility index (Phi) is 6.75. The van der Waals surface area contributed by atoms with Crippen LogP contribution in [0.1, 0.15) is 37.7 Å². The third kappa shape index (κ3) is 4.73. The SMILES string of the molecule is OCCOCC/N=C(/c1ccccc1)C1CCCCC1. The van der Waals surface area contributed by atoms with E-state index in [0.29, 0.717) is 25.7 Å². The van der Waals surface area contributed by atoms with E-state index in [2.05, 4.69) is 24.3 Å². The van der Waals surface area contributed by atoms with E-state index in [1.807, 2.05) is 6.07 Å². The number of hydrogen-bond donors (Lipinski definition) is 1. The van der Waals surface area contributed by atoms with E-state index in [0.717, 1.165) is 0 Å². The largest absolute Gasteiger partial charge is 0.394 e. The van der Waals surface area contributed by atoms with Crippen molar-refractivity contribution in [2.75, 3.05) is 26.4 Å². The van der Waals surface area contributed by atoms with Crippen LogP contribution < -0.4 is 0 Å². The Bertz CT molecular complexity index is 397. The number of aliphatic imine (C=N–C) groups is 1. The summed E-state index contributed by atoms with van der Waals surface area (Å²) in [6, 6.07) is 10.5. The molecule has 0 atom stereocenters. The fourth-order valence-corrected chi connectivity index (χ4v) is 2.84. The lowest BCUT2D eigenvalue weighted by Crippen LogP contribution is -2.20. The molecule has 0 bridgehead atoms. The highest BCUT2D eigenvalue weighted by atomic mass is 16.5. The second kappa shape index (κ2) is 8.88. The van der Waals surface area contributed by atoms with E-state index < -0.39 is 0 Å². The molecule has 110 valence electrons. The summed E-state index contributed by atoms with van der Waals surface area (Å²) in [4.78, 5) is 4.80. The summed E-state index contributed by atoms with van der Waals surface area (Å²) in [6.45, 7) is 1.75. The van der Waals surface area contributed by atoms with Crippen molar-refractivity contribution in [2.24, 2.45) is 10.9 Å². The van der Waals surface area contributed by atoms with Gasteiger partial charge in [0.25, 0.3) is 0 Å². The van der Waals surface area contributed by atoms with Crippen LogP contribution >= 0.6 is 0 Å². The van der Waals surface area contributed by atoms with Crippen molar-refractivity contribution in [2.45, 2.75) is 32.1 Å². The minimum absolute atomic E-state index is 0.0812. The van der Waals surface area contributed by atoms with Crippen LogP contribution in [0.3, 0.4) is 0 Å². The third-order valence-electron chi connectivity index (χ3n) is 3.81. The Labute approximate surface area is 121 Å². The molecule has 1 aromatic rings. The van der Waals surface area contributed by atoms with E-state index >= 15 is 0 Å². The molecule has 1 aliphatic carbocycles. The number of benzene rings is 1. The summed E-state index contributed by atoms with van der Waals surface area (Å²) in [6.07, 6.45) is 6.50. The summed E-state index contributed by atoms with van der Waals surface area (Å²) in [5, 5.41) is 8.70. The number of nitrogens with zero attached hydrogens (tertiary/aromatic N) is 1. The molecule has 1 aliphatic rings. The molecule has 0 spiro atoms. The highest BCUT2D eigenvalue weighted by Gasteiger charge is 2.20. The first-order valence-corrected chi connectivity index (χ1v) is 7.70. The maximum atomic E-state index is 8.70. The molecule has 20 heavy (non-hydrogen) atoms. The molecule has 1 N–H and O–H groups in total. The van der Waals surface area contributed by atoms with Crippen molar-refractivity contribution in [3.05, 3.63) is 35.9 Å². The molecular weight excluding hydrogens is 250 g/mol. The van der Waals surface area contributed by atoms with Crippen molar-refractivity contribution in [1.82, 2.24) is 0 Å². The maximum absolute atomic E-state index is 8.70. The van der Waals surface area contributed by atoms with Gasteiger partial charge >= 0.3 is 0 Å². The smallest absolute Gasteiger partial charge is 0.0698 e.